The summed E-state index contributed by atoms with van der Waals surface area (Å²) in [4.78, 5) is 28.4. The molecule has 160 valence electrons. The number of carbonyl (C=O) groups is 1. The lowest BCUT2D eigenvalue weighted by Gasteiger charge is -2.21. The first-order valence-electron chi connectivity index (χ1n) is 10.7. The van der Waals surface area contributed by atoms with Gasteiger partial charge < -0.3 is 15.0 Å². The van der Waals surface area contributed by atoms with Crippen molar-refractivity contribution in [3.05, 3.63) is 86.3 Å². The summed E-state index contributed by atoms with van der Waals surface area (Å²) < 4.78 is 5.31. The second-order valence-electron chi connectivity index (χ2n) is 8.17. The maximum atomic E-state index is 12.9. The monoisotopic (exact) mass is 416 g/mol. The molecule has 0 radical (unpaired) electrons. The SMILES string of the molecule is COc1cccc(-c2ccc(C(=O)NCc3c4c(c(C)[nH]c3=O)CCCC4)c(C)c2)c1. The Morgan fingerprint density at radius 2 is 1.77 bits per heavy atom. The van der Waals surface area contributed by atoms with Crippen LogP contribution >= 0.6 is 0 Å². The second-order valence-corrected chi connectivity index (χ2v) is 8.17. The van der Waals surface area contributed by atoms with Crippen molar-refractivity contribution < 1.29 is 9.53 Å². The number of carbonyl (C=O) groups excluding carboxylic acids is 1. The first kappa shape index (κ1) is 20.9. The van der Waals surface area contributed by atoms with Gasteiger partial charge in [-0.3, -0.25) is 9.59 Å². The van der Waals surface area contributed by atoms with Crippen molar-refractivity contribution in [1.82, 2.24) is 10.3 Å². The van der Waals surface area contributed by atoms with Crippen molar-refractivity contribution in [3.63, 3.8) is 0 Å². The highest BCUT2D eigenvalue weighted by Crippen LogP contribution is 2.26. The van der Waals surface area contributed by atoms with Gasteiger partial charge in [-0.25, -0.2) is 0 Å². The smallest absolute Gasteiger partial charge is 0.253 e. The number of fused-ring (bicyclic) bond motifs is 1. The van der Waals surface area contributed by atoms with Crippen LogP contribution in [0.25, 0.3) is 11.1 Å². The molecule has 2 aromatic carbocycles. The lowest BCUT2D eigenvalue weighted by molar-refractivity contribution is 0.0950. The Bertz CT molecular complexity index is 1190. The molecule has 0 fully saturated rings. The summed E-state index contributed by atoms with van der Waals surface area (Å²) in [5, 5.41) is 2.97. The van der Waals surface area contributed by atoms with E-state index in [1.54, 1.807) is 7.11 Å². The number of hydrogen-bond acceptors (Lipinski definition) is 3. The van der Waals surface area contributed by atoms with Gasteiger partial charge in [-0.1, -0.05) is 24.3 Å². The van der Waals surface area contributed by atoms with Gasteiger partial charge >= 0.3 is 0 Å². The Hall–Kier alpha value is -3.34. The standard InChI is InChI=1S/C26H28N2O3/c1-16-13-19(18-7-6-8-20(14-18)31-3)11-12-21(16)25(29)27-15-24-23-10-5-4-9-22(23)17(2)28-26(24)30/h6-8,11-14H,4-5,9-10,15H2,1-3H3,(H,27,29)(H,28,30). The van der Waals surface area contributed by atoms with E-state index in [0.29, 0.717) is 11.1 Å². The normalized spacial score (nSPS) is 12.9. The molecule has 0 spiro atoms. The van der Waals surface area contributed by atoms with Crippen molar-refractivity contribution in [2.75, 3.05) is 7.11 Å². The Kier molecular flexibility index (Phi) is 5.94. The van der Waals surface area contributed by atoms with Crippen LogP contribution in [0.3, 0.4) is 0 Å². The summed E-state index contributed by atoms with van der Waals surface area (Å²) in [6.45, 7) is 4.13. The third-order valence-corrected chi connectivity index (χ3v) is 6.16. The molecular formula is C26H28N2O3. The number of hydrogen-bond donors (Lipinski definition) is 2. The van der Waals surface area contributed by atoms with E-state index in [0.717, 1.165) is 59.4 Å². The van der Waals surface area contributed by atoms with Gasteiger partial charge in [-0.2, -0.15) is 0 Å². The van der Waals surface area contributed by atoms with Gasteiger partial charge in [-0.05, 0) is 85.5 Å². The van der Waals surface area contributed by atoms with E-state index in [2.05, 4.69) is 10.3 Å². The van der Waals surface area contributed by atoms with Crippen LogP contribution in [0.2, 0.25) is 0 Å². The summed E-state index contributed by atoms with van der Waals surface area (Å²) >= 11 is 0. The quantitative estimate of drug-likeness (QED) is 0.644. The van der Waals surface area contributed by atoms with Crippen molar-refractivity contribution in [2.45, 2.75) is 46.1 Å². The van der Waals surface area contributed by atoms with Crippen molar-refractivity contribution in [3.8, 4) is 16.9 Å². The van der Waals surface area contributed by atoms with Crippen molar-refractivity contribution in [2.24, 2.45) is 0 Å². The highest BCUT2D eigenvalue weighted by molar-refractivity contribution is 5.96. The average Bonchev–Trinajstić information content (AvgIpc) is 2.78. The van der Waals surface area contributed by atoms with Crippen LogP contribution in [0.5, 0.6) is 5.75 Å². The summed E-state index contributed by atoms with van der Waals surface area (Å²) in [5.74, 6) is 0.628. The zero-order chi connectivity index (χ0) is 22.0. The maximum absolute atomic E-state index is 12.9. The van der Waals surface area contributed by atoms with Crippen LogP contribution in [-0.4, -0.2) is 18.0 Å². The Morgan fingerprint density at radius 1 is 1.03 bits per heavy atom. The Labute approximate surface area is 182 Å². The first-order valence-corrected chi connectivity index (χ1v) is 10.7. The summed E-state index contributed by atoms with van der Waals surface area (Å²) in [6, 6.07) is 13.6. The molecule has 0 bridgehead atoms. The predicted octanol–water partition coefficient (Wildman–Crippen LogP) is 4.48. The molecular weight excluding hydrogens is 388 g/mol. The Balaban J connectivity index is 1.54. The number of nitrogens with one attached hydrogen (secondary N) is 2. The minimum absolute atomic E-state index is 0.0939. The summed E-state index contributed by atoms with van der Waals surface area (Å²) in [5.41, 5.74) is 7.49. The number of aryl methyl sites for hydroxylation is 2. The van der Waals surface area contributed by atoms with E-state index < -0.39 is 0 Å². The molecule has 2 N–H and O–H groups in total. The fourth-order valence-corrected chi connectivity index (χ4v) is 4.46. The molecule has 5 nitrogen and oxygen atoms in total. The summed E-state index contributed by atoms with van der Waals surface area (Å²) in [7, 11) is 1.65. The predicted molar refractivity (Wildman–Crippen MR) is 123 cm³/mol. The highest BCUT2D eigenvalue weighted by Gasteiger charge is 2.19. The number of H-pyrrole nitrogens is 1. The zero-order valence-electron chi connectivity index (χ0n) is 18.3. The van der Waals surface area contributed by atoms with Gasteiger partial charge in [0.25, 0.3) is 11.5 Å². The number of ether oxygens (including phenoxy) is 1. The number of aromatic nitrogens is 1. The molecule has 1 heterocycles. The molecule has 1 amide bonds. The molecule has 0 unspecified atom stereocenters. The van der Waals surface area contributed by atoms with E-state index in [1.807, 2.05) is 56.3 Å². The van der Waals surface area contributed by atoms with Crippen LogP contribution < -0.4 is 15.6 Å². The first-order chi connectivity index (χ1) is 15.0. The molecule has 5 heteroatoms. The minimum atomic E-state index is -0.167. The molecule has 1 aromatic heterocycles. The fourth-order valence-electron chi connectivity index (χ4n) is 4.46. The third-order valence-electron chi connectivity index (χ3n) is 6.16. The van der Waals surface area contributed by atoms with Crippen LogP contribution in [0, 0.1) is 13.8 Å². The molecule has 4 rings (SSSR count). The van der Waals surface area contributed by atoms with E-state index in [1.165, 1.54) is 5.56 Å². The number of pyridine rings is 1. The largest absolute Gasteiger partial charge is 0.497 e. The molecule has 1 aliphatic rings. The molecule has 0 saturated carbocycles. The second kappa shape index (κ2) is 8.80. The molecule has 3 aromatic rings. The zero-order valence-corrected chi connectivity index (χ0v) is 18.3. The molecule has 0 aliphatic heterocycles. The van der Waals surface area contributed by atoms with Crippen LogP contribution in [0.1, 0.15) is 51.1 Å². The number of aromatic amines is 1. The van der Waals surface area contributed by atoms with Crippen LogP contribution in [0.15, 0.2) is 47.3 Å². The van der Waals surface area contributed by atoms with Gasteiger partial charge in [0, 0.05) is 23.4 Å². The lowest BCUT2D eigenvalue weighted by atomic mass is 9.88. The third kappa shape index (κ3) is 4.26. The van der Waals surface area contributed by atoms with Crippen LogP contribution in [-0.2, 0) is 19.4 Å². The molecule has 31 heavy (non-hydrogen) atoms. The fraction of sp³-hybridized carbons (Fsp3) is 0.308. The molecule has 0 saturated heterocycles. The van der Waals surface area contributed by atoms with Gasteiger partial charge in [-0.15, -0.1) is 0 Å². The van der Waals surface area contributed by atoms with E-state index in [4.69, 9.17) is 4.74 Å². The average molecular weight is 417 g/mol. The number of benzene rings is 2. The highest BCUT2D eigenvalue weighted by atomic mass is 16.5. The Morgan fingerprint density at radius 3 is 2.52 bits per heavy atom. The number of amides is 1. The van der Waals surface area contributed by atoms with E-state index >= 15 is 0 Å². The summed E-state index contributed by atoms with van der Waals surface area (Å²) in [6.07, 6.45) is 4.12. The molecule has 1 aliphatic carbocycles. The minimum Gasteiger partial charge on any atom is -0.497 e. The van der Waals surface area contributed by atoms with Gasteiger partial charge in [0.05, 0.1) is 7.11 Å². The number of methoxy groups -OCH3 is 1. The van der Waals surface area contributed by atoms with Crippen LogP contribution in [0.4, 0.5) is 0 Å². The molecule has 0 atom stereocenters. The van der Waals surface area contributed by atoms with Crippen molar-refractivity contribution >= 4 is 5.91 Å². The lowest BCUT2D eigenvalue weighted by Crippen LogP contribution is -2.30. The van der Waals surface area contributed by atoms with Gasteiger partial charge in [0.15, 0.2) is 0 Å². The number of rotatable bonds is 5. The van der Waals surface area contributed by atoms with E-state index in [9.17, 15) is 9.59 Å². The van der Waals surface area contributed by atoms with Gasteiger partial charge in [0.1, 0.15) is 5.75 Å². The van der Waals surface area contributed by atoms with E-state index in [-0.39, 0.29) is 18.0 Å². The topological polar surface area (TPSA) is 71.2 Å². The van der Waals surface area contributed by atoms with Crippen molar-refractivity contribution in [1.29, 1.82) is 0 Å². The van der Waals surface area contributed by atoms with Gasteiger partial charge in [0.2, 0.25) is 0 Å². The maximum Gasteiger partial charge on any atom is 0.253 e.